The third kappa shape index (κ3) is 2.72. The summed E-state index contributed by atoms with van der Waals surface area (Å²) in [6.45, 7) is 8.30. The quantitative estimate of drug-likeness (QED) is 0.426. The number of pyridine rings is 2. The number of hydrogen-bond donors (Lipinski definition) is 0. The second kappa shape index (κ2) is 7.30. The molecule has 34 heavy (non-hydrogen) atoms. The summed E-state index contributed by atoms with van der Waals surface area (Å²) in [4.78, 5) is 31.6. The first-order chi connectivity index (χ1) is 16.4. The van der Waals surface area contributed by atoms with Gasteiger partial charge in [0.15, 0.2) is 17.1 Å². The van der Waals surface area contributed by atoms with Gasteiger partial charge in [0, 0.05) is 22.6 Å². The molecule has 0 aliphatic carbocycles. The van der Waals surface area contributed by atoms with Crippen LogP contribution in [0.3, 0.4) is 0 Å². The first-order valence-corrected chi connectivity index (χ1v) is 11.8. The van der Waals surface area contributed by atoms with Crippen molar-refractivity contribution in [3.63, 3.8) is 0 Å². The van der Waals surface area contributed by atoms with Gasteiger partial charge in [-0.15, -0.1) is 0 Å². The molecule has 0 saturated heterocycles. The number of benzene rings is 1. The summed E-state index contributed by atoms with van der Waals surface area (Å²) in [5, 5.41) is 1.00. The SMILES string of the molecule is CCc1c2c(nc3cc4c(cc13)OCO4)-c1cc3c(c(=O)n1C2)COC(=O)[C@@]3(CC)OC(C)C. The Morgan fingerprint density at radius 2 is 1.85 bits per heavy atom. The van der Waals surface area contributed by atoms with E-state index in [-0.39, 0.29) is 25.1 Å². The van der Waals surface area contributed by atoms with Crippen molar-refractivity contribution < 1.29 is 23.7 Å². The molecule has 0 saturated carbocycles. The minimum Gasteiger partial charge on any atom is -0.458 e. The molecule has 8 nitrogen and oxygen atoms in total. The van der Waals surface area contributed by atoms with E-state index in [1.165, 1.54) is 0 Å². The summed E-state index contributed by atoms with van der Waals surface area (Å²) in [6.07, 6.45) is 0.918. The van der Waals surface area contributed by atoms with Gasteiger partial charge in [0.1, 0.15) is 6.61 Å². The molecule has 0 bridgehead atoms. The van der Waals surface area contributed by atoms with Crippen molar-refractivity contribution in [1.82, 2.24) is 9.55 Å². The fourth-order valence-corrected chi connectivity index (χ4v) is 5.54. The van der Waals surface area contributed by atoms with Gasteiger partial charge in [-0.3, -0.25) is 4.79 Å². The Kier molecular flexibility index (Phi) is 4.55. The highest BCUT2D eigenvalue weighted by atomic mass is 16.7. The van der Waals surface area contributed by atoms with Crippen molar-refractivity contribution in [2.75, 3.05) is 6.79 Å². The molecule has 1 atom stereocenters. The molecule has 2 aromatic heterocycles. The van der Waals surface area contributed by atoms with E-state index < -0.39 is 11.6 Å². The molecule has 0 unspecified atom stereocenters. The molecule has 3 aliphatic heterocycles. The van der Waals surface area contributed by atoms with Crippen molar-refractivity contribution in [1.29, 1.82) is 0 Å². The van der Waals surface area contributed by atoms with Gasteiger partial charge in [-0.05, 0) is 44.4 Å². The van der Waals surface area contributed by atoms with Crippen LogP contribution in [0.4, 0.5) is 0 Å². The highest BCUT2D eigenvalue weighted by molar-refractivity contribution is 5.91. The molecule has 3 aliphatic rings. The Hall–Kier alpha value is -3.39. The normalized spacial score (nSPS) is 19.9. The topological polar surface area (TPSA) is 88.9 Å². The number of nitrogens with zero attached hydrogens (tertiary/aromatic N) is 2. The fraction of sp³-hybridized carbons (Fsp3) is 0.423. The van der Waals surface area contributed by atoms with Crippen LogP contribution in [0, 0.1) is 0 Å². The summed E-state index contributed by atoms with van der Waals surface area (Å²) in [6, 6.07) is 5.79. The third-order valence-corrected chi connectivity index (χ3v) is 7.06. The first-order valence-electron chi connectivity index (χ1n) is 11.8. The van der Waals surface area contributed by atoms with E-state index in [0.717, 1.165) is 34.1 Å². The zero-order valence-electron chi connectivity index (χ0n) is 19.7. The zero-order valence-corrected chi connectivity index (χ0v) is 19.7. The van der Waals surface area contributed by atoms with Crippen LogP contribution < -0.4 is 15.0 Å². The molecule has 8 heteroatoms. The first kappa shape index (κ1) is 21.2. The smallest absolute Gasteiger partial charge is 0.343 e. The second-order valence-electron chi connectivity index (χ2n) is 9.23. The highest BCUT2D eigenvalue weighted by Gasteiger charge is 2.48. The molecule has 5 heterocycles. The monoisotopic (exact) mass is 462 g/mol. The minimum atomic E-state index is -1.31. The average Bonchev–Trinajstić information content (AvgIpc) is 3.42. The Morgan fingerprint density at radius 3 is 2.56 bits per heavy atom. The molecule has 0 amide bonds. The zero-order chi connectivity index (χ0) is 23.8. The lowest BCUT2D eigenvalue weighted by Crippen LogP contribution is -2.47. The van der Waals surface area contributed by atoms with Crippen LogP contribution >= 0.6 is 0 Å². The van der Waals surface area contributed by atoms with Crippen LogP contribution in [-0.4, -0.2) is 28.4 Å². The van der Waals surface area contributed by atoms with Crippen LogP contribution in [0.2, 0.25) is 0 Å². The summed E-state index contributed by atoms with van der Waals surface area (Å²) in [5.41, 5.74) is 4.00. The fourth-order valence-electron chi connectivity index (χ4n) is 5.54. The molecule has 0 N–H and O–H groups in total. The van der Waals surface area contributed by atoms with E-state index in [1.807, 2.05) is 39.0 Å². The predicted octanol–water partition coefficient (Wildman–Crippen LogP) is 3.80. The van der Waals surface area contributed by atoms with Crippen LogP contribution in [-0.2, 0) is 39.4 Å². The lowest BCUT2D eigenvalue weighted by atomic mass is 9.85. The van der Waals surface area contributed by atoms with E-state index >= 15 is 0 Å². The maximum atomic E-state index is 13.7. The minimum absolute atomic E-state index is 0.0513. The summed E-state index contributed by atoms with van der Waals surface area (Å²) < 4.78 is 24.5. The lowest BCUT2D eigenvalue weighted by molar-refractivity contribution is -0.187. The number of aryl methyl sites for hydroxylation is 1. The third-order valence-electron chi connectivity index (χ3n) is 7.06. The lowest BCUT2D eigenvalue weighted by Gasteiger charge is -2.37. The van der Waals surface area contributed by atoms with E-state index in [0.29, 0.717) is 41.3 Å². The van der Waals surface area contributed by atoms with Crippen LogP contribution in [0.15, 0.2) is 23.0 Å². The second-order valence-corrected chi connectivity index (χ2v) is 9.23. The van der Waals surface area contributed by atoms with E-state index in [2.05, 4.69) is 6.92 Å². The number of carbonyl (C=O) groups excluding carboxylic acids is 1. The maximum absolute atomic E-state index is 13.7. The molecular formula is C26H26N2O6. The highest BCUT2D eigenvalue weighted by Crippen LogP contribution is 2.44. The van der Waals surface area contributed by atoms with Gasteiger partial charge in [0.05, 0.1) is 35.1 Å². The number of carbonyl (C=O) groups is 1. The number of fused-ring (bicyclic) bond motifs is 6. The Bertz CT molecular complexity index is 1440. The molecule has 3 aromatic rings. The van der Waals surface area contributed by atoms with Gasteiger partial charge in [0.25, 0.3) is 5.56 Å². The molecule has 0 radical (unpaired) electrons. The van der Waals surface area contributed by atoms with Crippen LogP contribution in [0.25, 0.3) is 22.3 Å². The van der Waals surface area contributed by atoms with E-state index in [9.17, 15) is 9.59 Å². The number of esters is 1. The molecule has 0 spiro atoms. The van der Waals surface area contributed by atoms with Crippen LogP contribution in [0.1, 0.15) is 56.4 Å². The van der Waals surface area contributed by atoms with Crippen molar-refractivity contribution >= 4 is 16.9 Å². The van der Waals surface area contributed by atoms with Crippen molar-refractivity contribution in [2.45, 2.75) is 65.4 Å². The maximum Gasteiger partial charge on any atom is 0.343 e. The van der Waals surface area contributed by atoms with Gasteiger partial charge in [-0.25, -0.2) is 9.78 Å². The van der Waals surface area contributed by atoms with Crippen molar-refractivity contribution in [3.8, 4) is 22.9 Å². The predicted molar refractivity (Wildman–Crippen MR) is 124 cm³/mol. The standard InChI is InChI=1S/C26H26N2O6/c1-5-14-15-7-21-22(33-12-32-21)9-19(15)27-23-16(14)10-28-20(23)8-18-17(24(28)29)11-31-25(30)26(18,6-2)34-13(3)4/h7-9,13H,5-6,10-12H2,1-4H3/t26-/m0/s1. The average molecular weight is 463 g/mol. The molecule has 1 aromatic carbocycles. The summed E-state index contributed by atoms with van der Waals surface area (Å²) in [5.74, 6) is 0.925. The van der Waals surface area contributed by atoms with Crippen LogP contribution in [0.5, 0.6) is 11.5 Å². The van der Waals surface area contributed by atoms with E-state index in [1.54, 1.807) is 4.57 Å². The summed E-state index contributed by atoms with van der Waals surface area (Å²) in [7, 11) is 0. The molecule has 0 fully saturated rings. The van der Waals surface area contributed by atoms with Gasteiger partial charge in [-0.1, -0.05) is 13.8 Å². The summed E-state index contributed by atoms with van der Waals surface area (Å²) >= 11 is 0. The number of ether oxygens (including phenoxy) is 4. The van der Waals surface area contributed by atoms with Crippen molar-refractivity contribution in [3.05, 3.63) is 50.8 Å². The van der Waals surface area contributed by atoms with Gasteiger partial charge < -0.3 is 23.5 Å². The Labute approximate surface area is 196 Å². The molecule has 176 valence electrons. The largest absolute Gasteiger partial charge is 0.458 e. The number of aromatic nitrogens is 2. The number of cyclic esters (lactones) is 1. The van der Waals surface area contributed by atoms with E-state index in [4.69, 9.17) is 23.9 Å². The Balaban J connectivity index is 1.63. The van der Waals surface area contributed by atoms with Crippen molar-refractivity contribution in [2.24, 2.45) is 0 Å². The molecular weight excluding hydrogens is 436 g/mol. The Morgan fingerprint density at radius 1 is 1.09 bits per heavy atom. The number of hydrogen-bond acceptors (Lipinski definition) is 7. The molecule has 6 rings (SSSR count). The number of rotatable bonds is 4. The van der Waals surface area contributed by atoms with Gasteiger partial charge in [0.2, 0.25) is 6.79 Å². The van der Waals surface area contributed by atoms with Gasteiger partial charge >= 0.3 is 5.97 Å². The van der Waals surface area contributed by atoms with Gasteiger partial charge in [-0.2, -0.15) is 0 Å².